The third kappa shape index (κ3) is 3.75. The summed E-state index contributed by atoms with van der Waals surface area (Å²) in [5.41, 5.74) is 5.99. The van der Waals surface area contributed by atoms with Crippen molar-refractivity contribution in [3.05, 3.63) is 40.5 Å². The number of hydrogen-bond donors (Lipinski definition) is 2. The Hall–Kier alpha value is -2.97. The van der Waals surface area contributed by atoms with Crippen molar-refractivity contribution in [3.8, 4) is 0 Å². The molecule has 9 nitrogen and oxygen atoms in total. The van der Waals surface area contributed by atoms with Crippen LogP contribution in [0.1, 0.15) is 12.2 Å². The first-order valence-corrected chi connectivity index (χ1v) is 6.15. The van der Waals surface area contributed by atoms with E-state index in [1.165, 1.54) is 12.4 Å². The highest BCUT2D eigenvalue weighted by molar-refractivity contribution is 5.90. The number of pyridine rings is 1. The predicted octanol–water partition coefficient (Wildman–Crippen LogP) is 1.11. The van der Waals surface area contributed by atoms with Crippen LogP contribution in [-0.2, 0) is 11.3 Å². The third-order valence-corrected chi connectivity index (χ3v) is 2.80. The molecule has 0 bridgehead atoms. The van der Waals surface area contributed by atoms with Crippen LogP contribution in [0, 0.1) is 17.0 Å². The Balaban J connectivity index is 1.92. The van der Waals surface area contributed by atoms with E-state index < -0.39 is 4.92 Å². The molecular weight excluding hydrogens is 276 g/mol. The summed E-state index contributed by atoms with van der Waals surface area (Å²) in [5, 5.41) is 13.3. The van der Waals surface area contributed by atoms with Gasteiger partial charge in [0.2, 0.25) is 11.7 Å². The molecule has 9 heteroatoms. The lowest BCUT2D eigenvalue weighted by Gasteiger charge is -2.05. The van der Waals surface area contributed by atoms with Crippen molar-refractivity contribution in [2.75, 3.05) is 11.1 Å². The second kappa shape index (κ2) is 5.99. The molecular formula is C12H14N6O3. The lowest BCUT2D eigenvalue weighted by atomic mass is 10.3. The number of nitrogens with one attached hydrogen (secondary N) is 1. The van der Waals surface area contributed by atoms with Gasteiger partial charge >= 0.3 is 5.82 Å². The van der Waals surface area contributed by atoms with Crippen LogP contribution in [0.3, 0.4) is 0 Å². The van der Waals surface area contributed by atoms with Gasteiger partial charge in [-0.3, -0.25) is 4.79 Å². The van der Waals surface area contributed by atoms with Crippen molar-refractivity contribution in [1.29, 1.82) is 0 Å². The van der Waals surface area contributed by atoms with Crippen LogP contribution in [-0.4, -0.2) is 25.4 Å². The van der Waals surface area contributed by atoms with Gasteiger partial charge < -0.3 is 25.7 Å². The summed E-state index contributed by atoms with van der Waals surface area (Å²) >= 11 is 0. The van der Waals surface area contributed by atoms with E-state index in [0.29, 0.717) is 23.9 Å². The molecule has 110 valence electrons. The maximum Gasteiger partial charge on any atom is 0.381 e. The van der Waals surface area contributed by atoms with Crippen LogP contribution in [0.15, 0.2) is 24.5 Å². The van der Waals surface area contributed by atoms with Gasteiger partial charge in [-0.15, -0.1) is 0 Å². The van der Waals surface area contributed by atoms with Gasteiger partial charge in [0.15, 0.2) is 0 Å². The Kier molecular flexibility index (Phi) is 4.12. The molecule has 0 aromatic carbocycles. The summed E-state index contributed by atoms with van der Waals surface area (Å²) < 4.78 is 1.57. The molecule has 2 aromatic heterocycles. The van der Waals surface area contributed by atoms with Crippen LogP contribution in [0.4, 0.5) is 17.3 Å². The second-order valence-electron chi connectivity index (χ2n) is 4.37. The highest BCUT2D eigenvalue weighted by Gasteiger charge is 2.15. The summed E-state index contributed by atoms with van der Waals surface area (Å²) in [6.07, 6.45) is 2.94. The maximum atomic E-state index is 11.8. The molecule has 2 heterocycles. The molecule has 0 fully saturated rings. The Bertz CT molecular complexity index is 664. The average Bonchev–Trinajstić information content (AvgIpc) is 2.81. The molecule has 0 saturated carbocycles. The molecule has 21 heavy (non-hydrogen) atoms. The fourth-order valence-electron chi connectivity index (χ4n) is 1.73. The number of nitrogens with two attached hydrogens (primary N) is 1. The fourth-order valence-corrected chi connectivity index (χ4v) is 1.73. The summed E-state index contributed by atoms with van der Waals surface area (Å²) in [4.78, 5) is 29.5. The Labute approximate surface area is 120 Å². The van der Waals surface area contributed by atoms with Gasteiger partial charge in [0.1, 0.15) is 12.0 Å². The largest absolute Gasteiger partial charge is 0.384 e. The number of carbonyl (C=O) groups excluding carboxylic acids is 1. The maximum absolute atomic E-state index is 11.8. The number of amides is 1. The lowest BCUT2D eigenvalue weighted by molar-refractivity contribution is -0.389. The first-order valence-electron chi connectivity index (χ1n) is 6.15. The number of hydrogen-bond acceptors (Lipinski definition) is 6. The van der Waals surface area contributed by atoms with Gasteiger partial charge in [0.05, 0.1) is 11.9 Å². The number of carbonyl (C=O) groups is 1. The topological polar surface area (TPSA) is 129 Å². The van der Waals surface area contributed by atoms with Gasteiger partial charge in [-0.2, -0.15) is 0 Å². The monoisotopic (exact) mass is 290 g/mol. The zero-order chi connectivity index (χ0) is 15.4. The number of aryl methyl sites for hydroxylation is 2. The molecule has 0 spiro atoms. The van der Waals surface area contributed by atoms with E-state index in [2.05, 4.69) is 15.3 Å². The van der Waals surface area contributed by atoms with Gasteiger partial charge in [-0.25, -0.2) is 4.98 Å². The molecule has 0 saturated heterocycles. The number of nitrogen functional groups attached to an aromatic ring is 1. The zero-order valence-electron chi connectivity index (χ0n) is 11.3. The number of nitrogens with zero attached hydrogens (tertiary/aromatic N) is 4. The van der Waals surface area contributed by atoms with Crippen LogP contribution >= 0.6 is 0 Å². The highest BCUT2D eigenvalue weighted by Crippen LogP contribution is 2.12. The van der Waals surface area contributed by atoms with Crippen molar-refractivity contribution >= 4 is 23.2 Å². The number of rotatable bonds is 5. The smallest absolute Gasteiger partial charge is 0.381 e. The first-order chi connectivity index (χ1) is 9.95. The third-order valence-electron chi connectivity index (χ3n) is 2.80. The van der Waals surface area contributed by atoms with E-state index in [9.17, 15) is 14.9 Å². The SMILES string of the molecule is Cc1nc([N+](=O)[O-])cn1CCC(=O)Nc1ccc(N)nc1. The molecule has 0 aliphatic carbocycles. The molecule has 0 atom stereocenters. The van der Waals surface area contributed by atoms with E-state index in [0.717, 1.165) is 0 Å². The molecule has 0 aliphatic rings. The Morgan fingerprint density at radius 1 is 1.52 bits per heavy atom. The Morgan fingerprint density at radius 2 is 2.29 bits per heavy atom. The van der Waals surface area contributed by atoms with Crippen molar-refractivity contribution in [2.45, 2.75) is 19.9 Å². The lowest BCUT2D eigenvalue weighted by Crippen LogP contribution is -2.15. The molecule has 0 aliphatic heterocycles. The minimum atomic E-state index is -0.566. The molecule has 2 aromatic rings. The normalized spacial score (nSPS) is 10.3. The minimum absolute atomic E-state index is 0.165. The molecule has 1 amide bonds. The quantitative estimate of drug-likeness (QED) is 0.626. The highest BCUT2D eigenvalue weighted by atomic mass is 16.6. The van der Waals surface area contributed by atoms with Crippen LogP contribution in [0.25, 0.3) is 0 Å². The standard InChI is InChI=1S/C12H14N6O3/c1-8-15-11(18(20)21)7-17(8)5-4-12(19)16-9-2-3-10(13)14-6-9/h2-3,6-7H,4-5H2,1H3,(H2,13,14)(H,16,19). The summed E-state index contributed by atoms with van der Waals surface area (Å²) in [6, 6.07) is 3.23. The summed E-state index contributed by atoms with van der Waals surface area (Å²) in [6.45, 7) is 1.95. The molecule has 0 radical (unpaired) electrons. The Morgan fingerprint density at radius 3 is 2.86 bits per heavy atom. The summed E-state index contributed by atoms with van der Waals surface area (Å²) in [5.74, 6) is 0.408. The van der Waals surface area contributed by atoms with Crippen LogP contribution < -0.4 is 11.1 Å². The van der Waals surface area contributed by atoms with E-state index in [1.54, 1.807) is 23.6 Å². The fraction of sp³-hybridized carbons (Fsp3) is 0.250. The van der Waals surface area contributed by atoms with Crippen LogP contribution in [0.5, 0.6) is 0 Å². The van der Waals surface area contributed by atoms with Crippen molar-refractivity contribution in [1.82, 2.24) is 14.5 Å². The van der Waals surface area contributed by atoms with E-state index in [4.69, 9.17) is 5.73 Å². The first kappa shape index (κ1) is 14.4. The van der Waals surface area contributed by atoms with Crippen molar-refractivity contribution in [2.24, 2.45) is 0 Å². The van der Waals surface area contributed by atoms with Gasteiger partial charge in [0.25, 0.3) is 0 Å². The second-order valence-corrected chi connectivity index (χ2v) is 4.37. The van der Waals surface area contributed by atoms with E-state index in [1.807, 2.05) is 0 Å². The number of anilines is 2. The summed E-state index contributed by atoms with van der Waals surface area (Å²) in [7, 11) is 0. The zero-order valence-corrected chi connectivity index (χ0v) is 11.3. The van der Waals surface area contributed by atoms with Gasteiger partial charge in [0, 0.05) is 19.9 Å². The van der Waals surface area contributed by atoms with E-state index in [-0.39, 0.29) is 18.1 Å². The van der Waals surface area contributed by atoms with Gasteiger partial charge in [-0.1, -0.05) is 0 Å². The van der Waals surface area contributed by atoms with Crippen molar-refractivity contribution in [3.63, 3.8) is 0 Å². The van der Waals surface area contributed by atoms with E-state index >= 15 is 0 Å². The molecule has 2 rings (SSSR count). The van der Waals surface area contributed by atoms with Crippen LogP contribution in [0.2, 0.25) is 0 Å². The average molecular weight is 290 g/mol. The predicted molar refractivity (Wildman–Crippen MR) is 75.5 cm³/mol. The number of imidazole rings is 1. The van der Waals surface area contributed by atoms with Crippen molar-refractivity contribution < 1.29 is 9.72 Å². The number of nitro groups is 1. The number of aromatic nitrogens is 3. The molecule has 0 unspecified atom stereocenters. The van der Waals surface area contributed by atoms with Gasteiger partial charge in [-0.05, 0) is 22.0 Å². The molecule has 3 N–H and O–H groups in total. The minimum Gasteiger partial charge on any atom is -0.384 e.